The van der Waals surface area contributed by atoms with Crippen molar-refractivity contribution in [2.24, 2.45) is 0 Å². The largest absolute Gasteiger partial charge is 0.372 e. The van der Waals surface area contributed by atoms with E-state index in [1.54, 1.807) is 4.52 Å². The molecule has 30 heavy (non-hydrogen) atoms. The van der Waals surface area contributed by atoms with Gasteiger partial charge in [0.1, 0.15) is 0 Å². The molecule has 2 heterocycles. The van der Waals surface area contributed by atoms with Crippen LogP contribution in [0.5, 0.6) is 0 Å². The summed E-state index contributed by atoms with van der Waals surface area (Å²) in [5.41, 5.74) is 4.20. The van der Waals surface area contributed by atoms with Crippen LogP contribution >= 0.6 is 11.8 Å². The molecule has 0 aliphatic carbocycles. The number of para-hydroxylation sites is 1. The van der Waals surface area contributed by atoms with E-state index in [9.17, 15) is 4.79 Å². The van der Waals surface area contributed by atoms with Gasteiger partial charge in [-0.2, -0.15) is 4.98 Å². The van der Waals surface area contributed by atoms with Crippen molar-refractivity contribution in [1.29, 1.82) is 0 Å². The summed E-state index contributed by atoms with van der Waals surface area (Å²) in [4.78, 5) is 23.6. The predicted octanol–water partition coefficient (Wildman–Crippen LogP) is 3.43. The molecule has 0 saturated heterocycles. The average Bonchev–Trinajstić information content (AvgIpc) is 3.17. The molecule has 0 atom stereocenters. The Kier molecular flexibility index (Phi) is 7.68. The van der Waals surface area contributed by atoms with E-state index in [0.29, 0.717) is 30.3 Å². The molecular weight excluding hydrogens is 396 g/mol. The molecule has 0 bridgehead atoms. The Hall–Kier alpha value is -2.61. The van der Waals surface area contributed by atoms with Crippen molar-refractivity contribution >= 4 is 29.1 Å². The Bertz CT molecular complexity index is 988. The lowest BCUT2D eigenvalue weighted by atomic mass is 10.1. The molecule has 0 aliphatic heterocycles. The number of aryl methyl sites for hydroxylation is 2. The fourth-order valence-electron chi connectivity index (χ4n) is 3.57. The van der Waals surface area contributed by atoms with Gasteiger partial charge in [-0.15, -0.1) is 5.10 Å². The monoisotopic (exact) mass is 426 g/mol. The third-order valence-electron chi connectivity index (χ3n) is 5.24. The first-order valence-corrected chi connectivity index (χ1v) is 11.6. The van der Waals surface area contributed by atoms with E-state index in [-0.39, 0.29) is 5.91 Å². The summed E-state index contributed by atoms with van der Waals surface area (Å²) in [6.07, 6.45) is 3.94. The summed E-state index contributed by atoms with van der Waals surface area (Å²) in [6.45, 7) is 8.68. The van der Waals surface area contributed by atoms with E-state index in [1.165, 1.54) is 17.4 Å². The number of hydrogen-bond acceptors (Lipinski definition) is 6. The number of nitrogens with zero attached hydrogens (tertiary/aromatic N) is 5. The SMILES string of the molecule is CCN(CCCNC(=O)CCc1c(C)nc2nc(SC)nn2c1C)c1ccccc1. The van der Waals surface area contributed by atoms with Gasteiger partial charge in [0.15, 0.2) is 0 Å². The van der Waals surface area contributed by atoms with E-state index in [2.05, 4.69) is 56.5 Å². The number of anilines is 1. The van der Waals surface area contributed by atoms with Crippen LogP contribution in [0.3, 0.4) is 0 Å². The Morgan fingerprint density at radius 2 is 1.97 bits per heavy atom. The molecule has 0 unspecified atom stereocenters. The fraction of sp³-hybridized carbons (Fsp3) is 0.455. The van der Waals surface area contributed by atoms with Gasteiger partial charge in [0.25, 0.3) is 5.78 Å². The van der Waals surface area contributed by atoms with Crippen molar-refractivity contribution < 1.29 is 4.79 Å². The quantitative estimate of drug-likeness (QED) is 0.395. The Morgan fingerprint density at radius 1 is 1.20 bits per heavy atom. The number of nitrogens with one attached hydrogen (secondary N) is 1. The highest BCUT2D eigenvalue weighted by Gasteiger charge is 2.14. The van der Waals surface area contributed by atoms with E-state index >= 15 is 0 Å². The Labute approximate surface area is 182 Å². The van der Waals surface area contributed by atoms with E-state index < -0.39 is 0 Å². The third kappa shape index (κ3) is 5.30. The summed E-state index contributed by atoms with van der Waals surface area (Å²) in [5.74, 6) is 0.682. The summed E-state index contributed by atoms with van der Waals surface area (Å²) in [7, 11) is 0. The molecule has 8 heteroatoms. The second-order valence-corrected chi connectivity index (χ2v) is 7.96. The fourth-order valence-corrected chi connectivity index (χ4v) is 3.91. The van der Waals surface area contributed by atoms with E-state index in [0.717, 1.165) is 36.5 Å². The second kappa shape index (κ2) is 10.4. The molecular formula is C22H30N6OS. The lowest BCUT2D eigenvalue weighted by Gasteiger charge is -2.23. The van der Waals surface area contributed by atoms with Crippen molar-refractivity contribution in [2.45, 2.75) is 45.2 Å². The Morgan fingerprint density at radius 3 is 2.67 bits per heavy atom. The van der Waals surface area contributed by atoms with Gasteiger partial charge >= 0.3 is 0 Å². The van der Waals surface area contributed by atoms with Gasteiger partial charge < -0.3 is 10.2 Å². The van der Waals surface area contributed by atoms with E-state index in [1.807, 2.05) is 26.2 Å². The summed E-state index contributed by atoms with van der Waals surface area (Å²) in [5, 5.41) is 8.22. The number of hydrogen-bond donors (Lipinski definition) is 1. The molecule has 0 aliphatic rings. The summed E-state index contributed by atoms with van der Waals surface area (Å²) >= 11 is 1.50. The number of aromatic nitrogens is 4. The third-order valence-corrected chi connectivity index (χ3v) is 5.78. The molecule has 3 aromatic rings. The maximum absolute atomic E-state index is 12.4. The molecule has 0 fully saturated rings. The van der Waals surface area contributed by atoms with Crippen molar-refractivity contribution in [3.05, 3.63) is 47.3 Å². The maximum Gasteiger partial charge on any atom is 0.253 e. The number of amides is 1. The lowest BCUT2D eigenvalue weighted by Crippen LogP contribution is -2.30. The number of benzene rings is 1. The Balaban J connectivity index is 1.49. The lowest BCUT2D eigenvalue weighted by molar-refractivity contribution is -0.121. The minimum absolute atomic E-state index is 0.0695. The van der Waals surface area contributed by atoms with Gasteiger partial charge in [-0.1, -0.05) is 30.0 Å². The summed E-state index contributed by atoms with van der Waals surface area (Å²) < 4.78 is 1.77. The molecule has 0 spiro atoms. The van der Waals surface area contributed by atoms with Crippen molar-refractivity contribution in [3.8, 4) is 0 Å². The zero-order chi connectivity index (χ0) is 21.5. The number of thioether (sulfide) groups is 1. The molecule has 2 aromatic heterocycles. The zero-order valence-corrected chi connectivity index (χ0v) is 19.0. The topological polar surface area (TPSA) is 75.4 Å². The van der Waals surface area contributed by atoms with Gasteiger partial charge in [0, 0.05) is 43.1 Å². The zero-order valence-electron chi connectivity index (χ0n) is 18.2. The van der Waals surface area contributed by atoms with Crippen LogP contribution in [0.25, 0.3) is 5.78 Å². The molecule has 1 N–H and O–H groups in total. The highest BCUT2D eigenvalue weighted by Crippen LogP contribution is 2.18. The number of carbonyl (C=O) groups excluding carboxylic acids is 1. The number of carbonyl (C=O) groups is 1. The van der Waals surface area contributed by atoms with Crippen molar-refractivity contribution in [1.82, 2.24) is 24.9 Å². The first-order chi connectivity index (χ1) is 14.5. The molecule has 3 rings (SSSR count). The van der Waals surface area contributed by atoms with Crippen LogP contribution in [0.4, 0.5) is 5.69 Å². The molecule has 0 radical (unpaired) electrons. The molecule has 0 saturated carbocycles. The smallest absolute Gasteiger partial charge is 0.253 e. The van der Waals surface area contributed by atoms with Gasteiger partial charge in [-0.05, 0) is 57.6 Å². The first-order valence-electron chi connectivity index (χ1n) is 10.4. The molecule has 1 amide bonds. The molecule has 1 aromatic carbocycles. The van der Waals surface area contributed by atoms with Gasteiger partial charge in [-0.25, -0.2) is 9.50 Å². The first kappa shape index (κ1) is 22.1. The van der Waals surface area contributed by atoms with Gasteiger partial charge in [0.05, 0.1) is 0 Å². The van der Waals surface area contributed by atoms with Crippen molar-refractivity contribution in [2.75, 3.05) is 30.8 Å². The highest BCUT2D eigenvalue weighted by atomic mass is 32.2. The van der Waals surface area contributed by atoms with Crippen LogP contribution in [0.2, 0.25) is 0 Å². The minimum Gasteiger partial charge on any atom is -0.372 e. The van der Waals surface area contributed by atoms with Crippen LogP contribution in [-0.4, -0.2) is 51.4 Å². The number of fused-ring (bicyclic) bond motifs is 1. The maximum atomic E-state index is 12.4. The van der Waals surface area contributed by atoms with Gasteiger partial charge in [0.2, 0.25) is 11.1 Å². The normalized spacial score (nSPS) is 11.1. The van der Waals surface area contributed by atoms with Crippen LogP contribution in [0.1, 0.15) is 36.7 Å². The van der Waals surface area contributed by atoms with Crippen molar-refractivity contribution in [3.63, 3.8) is 0 Å². The predicted molar refractivity (Wildman–Crippen MR) is 122 cm³/mol. The van der Waals surface area contributed by atoms with Crippen LogP contribution in [-0.2, 0) is 11.2 Å². The minimum atomic E-state index is 0.0695. The van der Waals surface area contributed by atoms with E-state index in [4.69, 9.17) is 0 Å². The number of rotatable bonds is 10. The van der Waals surface area contributed by atoms with Crippen LogP contribution < -0.4 is 10.2 Å². The molecule has 160 valence electrons. The molecule has 7 nitrogen and oxygen atoms in total. The highest BCUT2D eigenvalue weighted by molar-refractivity contribution is 7.98. The average molecular weight is 427 g/mol. The second-order valence-electron chi connectivity index (χ2n) is 7.19. The standard InChI is InChI=1S/C22H30N6OS/c1-5-27(18-10-7-6-8-11-18)15-9-14-23-20(29)13-12-19-16(2)24-21-25-22(30-4)26-28(21)17(19)3/h6-8,10-11H,5,9,12-15H2,1-4H3,(H,23,29). The van der Waals surface area contributed by atoms with Crippen LogP contribution in [0.15, 0.2) is 35.5 Å². The van der Waals surface area contributed by atoms with Crippen LogP contribution in [0, 0.1) is 13.8 Å². The van der Waals surface area contributed by atoms with Gasteiger partial charge in [-0.3, -0.25) is 4.79 Å². The summed E-state index contributed by atoms with van der Waals surface area (Å²) in [6, 6.07) is 10.4.